The van der Waals surface area contributed by atoms with Gasteiger partial charge in [0.25, 0.3) is 0 Å². The third-order valence-corrected chi connectivity index (χ3v) is 7.91. The van der Waals surface area contributed by atoms with Gasteiger partial charge in [-0.3, -0.25) is 14.4 Å². The fourth-order valence-electron chi connectivity index (χ4n) is 6.37. The minimum atomic E-state index is -1.11. The van der Waals surface area contributed by atoms with Gasteiger partial charge >= 0.3 is 0 Å². The van der Waals surface area contributed by atoms with Crippen molar-refractivity contribution in [3.05, 3.63) is 66.2 Å². The van der Waals surface area contributed by atoms with E-state index >= 15 is 0 Å². The number of rotatable bonds is 4. The van der Waals surface area contributed by atoms with Crippen LogP contribution in [-0.4, -0.2) is 34.0 Å². The van der Waals surface area contributed by atoms with E-state index in [1.165, 1.54) is 11.0 Å². The molecule has 6 rings (SSSR count). The lowest BCUT2D eigenvalue weighted by molar-refractivity contribution is -0.133. The number of nitrogens with zero attached hydrogens (tertiary/aromatic N) is 2. The lowest BCUT2D eigenvalue weighted by atomic mass is 9.67. The molecule has 3 aliphatic heterocycles. The molecule has 3 aromatic carbocycles. The summed E-state index contributed by atoms with van der Waals surface area (Å²) in [5.41, 5.74) is -0.803. The predicted octanol–water partition coefficient (Wildman–Crippen LogP) is 3.87. The minimum Gasteiger partial charge on any atom is -0.506 e. The van der Waals surface area contributed by atoms with Crippen molar-refractivity contribution < 1.29 is 24.2 Å². The number of ether oxygens (including phenoxy) is 1. The van der Waals surface area contributed by atoms with Crippen LogP contribution in [-0.2, 0) is 19.1 Å². The van der Waals surface area contributed by atoms with Crippen molar-refractivity contribution in [3.8, 4) is 11.8 Å². The Labute approximate surface area is 207 Å². The van der Waals surface area contributed by atoms with Crippen LogP contribution in [0.5, 0.6) is 5.75 Å². The Kier molecular flexibility index (Phi) is 4.72. The zero-order valence-electron chi connectivity index (χ0n) is 19.5. The van der Waals surface area contributed by atoms with E-state index in [0.717, 1.165) is 0 Å². The van der Waals surface area contributed by atoms with Crippen LogP contribution in [0.2, 0.25) is 0 Å². The van der Waals surface area contributed by atoms with Gasteiger partial charge in [-0.1, -0.05) is 36.4 Å². The third-order valence-electron chi connectivity index (χ3n) is 7.91. The van der Waals surface area contributed by atoms with Crippen LogP contribution in [0.25, 0.3) is 10.8 Å². The molecular formula is C28H23N3O5. The average molecular weight is 482 g/mol. The van der Waals surface area contributed by atoms with Crippen LogP contribution in [0.4, 0.5) is 11.4 Å². The van der Waals surface area contributed by atoms with E-state index in [0.29, 0.717) is 34.9 Å². The number of anilines is 2. The Morgan fingerprint density at radius 2 is 1.75 bits per heavy atom. The fraction of sp³-hybridized carbons (Fsp3) is 0.286. The lowest BCUT2D eigenvalue weighted by Crippen LogP contribution is -2.44. The van der Waals surface area contributed by atoms with Gasteiger partial charge in [-0.25, -0.2) is 4.90 Å². The zero-order valence-corrected chi connectivity index (χ0v) is 19.5. The van der Waals surface area contributed by atoms with Gasteiger partial charge in [-0.2, -0.15) is 5.26 Å². The van der Waals surface area contributed by atoms with Crippen molar-refractivity contribution in [3.63, 3.8) is 0 Å². The standard InChI is InChI=1S/C28H23N3O5/c1-27-12-13-28(36-27,14-22(33)30-19-8-4-5-9-21(19)32)24-23(27)25(34)31(26(24)35)20-11-10-16(15-29)17-6-2-3-7-18(17)20/h2-11,23-24,32H,12-14H2,1H3,(H,30,33). The summed E-state index contributed by atoms with van der Waals surface area (Å²) >= 11 is 0. The molecule has 0 spiro atoms. The summed E-state index contributed by atoms with van der Waals surface area (Å²) in [4.78, 5) is 42.0. The Balaban J connectivity index is 1.37. The van der Waals surface area contributed by atoms with E-state index in [1.54, 1.807) is 48.5 Å². The first-order valence-corrected chi connectivity index (χ1v) is 11.9. The third kappa shape index (κ3) is 2.99. The summed E-state index contributed by atoms with van der Waals surface area (Å²) in [6, 6.07) is 19.0. The van der Waals surface area contributed by atoms with Crippen molar-refractivity contribution in [2.45, 2.75) is 37.4 Å². The number of fused-ring (bicyclic) bond motifs is 6. The van der Waals surface area contributed by atoms with Gasteiger partial charge in [0.2, 0.25) is 17.7 Å². The maximum atomic E-state index is 13.9. The Morgan fingerprint density at radius 1 is 1.06 bits per heavy atom. The number of carbonyl (C=O) groups excluding carboxylic acids is 3. The molecule has 4 unspecified atom stereocenters. The largest absolute Gasteiger partial charge is 0.506 e. The van der Waals surface area contributed by atoms with Gasteiger partial charge in [0.05, 0.1) is 52.5 Å². The van der Waals surface area contributed by atoms with E-state index in [4.69, 9.17) is 4.74 Å². The first-order valence-electron chi connectivity index (χ1n) is 11.9. The number of nitrogens with one attached hydrogen (secondary N) is 1. The highest BCUT2D eigenvalue weighted by molar-refractivity contribution is 6.26. The van der Waals surface area contributed by atoms with Crippen LogP contribution in [0, 0.1) is 23.2 Å². The molecule has 180 valence electrons. The van der Waals surface area contributed by atoms with Crippen LogP contribution in [0.1, 0.15) is 31.7 Å². The van der Waals surface area contributed by atoms with E-state index < -0.39 is 34.9 Å². The highest BCUT2D eigenvalue weighted by Crippen LogP contribution is 2.62. The van der Waals surface area contributed by atoms with Crippen molar-refractivity contribution in [2.24, 2.45) is 11.8 Å². The molecule has 3 fully saturated rings. The molecule has 2 N–H and O–H groups in total. The maximum Gasteiger partial charge on any atom is 0.240 e. The Bertz CT molecular complexity index is 1510. The van der Waals surface area contributed by atoms with Gasteiger partial charge < -0.3 is 15.2 Å². The second kappa shape index (κ2) is 7.64. The summed E-state index contributed by atoms with van der Waals surface area (Å²) in [7, 11) is 0. The van der Waals surface area contributed by atoms with Crippen molar-refractivity contribution >= 4 is 39.9 Å². The second-order valence-corrected chi connectivity index (χ2v) is 9.98. The van der Waals surface area contributed by atoms with Gasteiger partial charge in [0.15, 0.2) is 0 Å². The average Bonchev–Trinajstić information content (AvgIpc) is 3.44. The quantitative estimate of drug-likeness (QED) is 0.431. The smallest absolute Gasteiger partial charge is 0.240 e. The molecule has 3 amide bonds. The fourth-order valence-corrected chi connectivity index (χ4v) is 6.37. The number of nitriles is 1. The van der Waals surface area contributed by atoms with Crippen molar-refractivity contribution in [2.75, 3.05) is 10.2 Å². The summed E-state index contributed by atoms with van der Waals surface area (Å²) in [6.45, 7) is 1.84. The minimum absolute atomic E-state index is 0.0594. The summed E-state index contributed by atoms with van der Waals surface area (Å²) in [5.74, 6) is -2.69. The highest BCUT2D eigenvalue weighted by Gasteiger charge is 2.74. The Morgan fingerprint density at radius 3 is 2.50 bits per heavy atom. The van der Waals surface area contributed by atoms with Crippen LogP contribution in [0.3, 0.4) is 0 Å². The van der Waals surface area contributed by atoms with Gasteiger partial charge in [0.1, 0.15) is 5.75 Å². The summed E-state index contributed by atoms with van der Waals surface area (Å²) in [6.07, 6.45) is 0.915. The number of aromatic hydroxyl groups is 1. The van der Waals surface area contributed by atoms with E-state index in [-0.39, 0.29) is 23.8 Å². The number of hydrogen-bond donors (Lipinski definition) is 2. The second-order valence-electron chi connectivity index (χ2n) is 9.98. The van der Waals surface area contributed by atoms with Gasteiger partial charge in [-0.05, 0) is 44.0 Å². The lowest BCUT2D eigenvalue weighted by Gasteiger charge is -2.30. The van der Waals surface area contributed by atoms with Gasteiger partial charge in [0, 0.05) is 10.8 Å². The number of imide groups is 1. The predicted molar refractivity (Wildman–Crippen MR) is 131 cm³/mol. The topological polar surface area (TPSA) is 120 Å². The molecule has 8 nitrogen and oxygen atoms in total. The van der Waals surface area contributed by atoms with E-state index in [1.807, 2.05) is 13.0 Å². The number of benzene rings is 3. The molecule has 3 aliphatic rings. The molecule has 3 saturated heterocycles. The first-order chi connectivity index (χ1) is 17.3. The summed E-state index contributed by atoms with van der Waals surface area (Å²) in [5, 5.41) is 23.6. The van der Waals surface area contributed by atoms with Gasteiger partial charge in [-0.15, -0.1) is 0 Å². The van der Waals surface area contributed by atoms with E-state index in [9.17, 15) is 24.8 Å². The molecule has 2 bridgehead atoms. The zero-order chi connectivity index (χ0) is 25.2. The Hall–Kier alpha value is -4.22. The molecule has 3 aromatic rings. The SMILES string of the molecule is CC12CCC(CC(=O)Nc3ccccc3O)(O1)C1C(=O)N(c3ccc(C#N)c4ccccc34)C(=O)C12. The maximum absolute atomic E-state index is 13.9. The number of phenolic OH excluding ortho intramolecular Hbond substituents is 1. The van der Waals surface area contributed by atoms with Crippen LogP contribution >= 0.6 is 0 Å². The number of para-hydroxylation sites is 2. The molecule has 4 atom stereocenters. The van der Waals surface area contributed by atoms with E-state index in [2.05, 4.69) is 11.4 Å². The van der Waals surface area contributed by atoms with Crippen molar-refractivity contribution in [1.29, 1.82) is 5.26 Å². The van der Waals surface area contributed by atoms with Crippen LogP contribution < -0.4 is 10.2 Å². The molecule has 36 heavy (non-hydrogen) atoms. The molecule has 0 aromatic heterocycles. The van der Waals surface area contributed by atoms with Crippen LogP contribution in [0.15, 0.2) is 60.7 Å². The monoisotopic (exact) mass is 481 g/mol. The number of amides is 3. The molecule has 8 heteroatoms. The number of phenols is 1. The summed E-state index contributed by atoms with van der Waals surface area (Å²) < 4.78 is 6.37. The molecular weight excluding hydrogens is 458 g/mol. The number of hydrogen-bond acceptors (Lipinski definition) is 6. The molecule has 0 saturated carbocycles. The first kappa shape index (κ1) is 22.3. The molecule has 0 aliphatic carbocycles. The molecule has 0 radical (unpaired) electrons. The molecule has 3 heterocycles. The normalized spacial score (nSPS) is 28.4. The highest BCUT2D eigenvalue weighted by atomic mass is 16.5. The van der Waals surface area contributed by atoms with Crippen molar-refractivity contribution in [1.82, 2.24) is 0 Å². The number of carbonyl (C=O) groups is 3.